The number of methoxy groups -OCH3 is 2. The van der Waals surface area contributed by atoms with Gasteiger partial charge in [-0.05, 0) is 60.7 Å². The van der Waals surface area contributed by atoms with E-state index in [2.05, 4.69) is 25.3 Å². The Morgan fingerprint density at radius 1 is 0.623 bits per heavy atom. The van der Waals surface area contributed by atoms with Crippen LogP contribution < -0.4 is 29.1 Å². The second kappa shape index (κ2) is 19.9. The molecule has 0 saturated carbocycles. The number of nitrogens with one attached hydrogen (secondary N) is 3. The number of carbonyl (C=O) groups excluding carboxylic acids is 2. The summed E-state index contributed by atoms with van der Waals surface area (Å²) in [4.78, 5) is 53.0. The maximum absolute atomic E-state index is 14.9. The highest BCUT2D eigenvalue weighted by atomic mass is 32.2. The second-order valence-electron chi connectivity index (χ2n) is 15.6. The Kier molecular flexibility index (Phi) is 13.3. The van der Waals surface area contributed by atoms with Crippen LogP contribution in [0.3, 0.4) is 0 Å². The number of nitrogens with zero attached hydrogens (tertiary/aromatic N) is 8. The van der Waals surface area contributed by atoms with Crippen molar-refractivity contribution in [3.05, 3.63) is 121 Å². The van der Waals surface area contributed by atoms with Gasteiger partial charge in [-0.25, -0.2) is 41.1 Å². The summed E-state index contributed by atoms with van der Waals surface area (Å²) >= 11 is 0. The third-order valence-corrected chi connectivity index (χ3v) is 14.0. The molecule has 0 radical (unpaired) electrons. The lowest BCUT2D eigenvalue weighted by Gasteiger charge is -2.27. The summed E-state index contributed by atoms with van der Waals surface area (Å²) in [5, 5.41) is 6.22. The maximum Gasteiger partial charge on any atom is 0.268 e. The van der Waals surface area contributed by atoms with Crippen LogP contribution in [0.4, 0.5) is 34.6 Å². The van der Waals surface area contributed by atoms with Crippen LogP contribution in [-0.2, 0) is 29.5 Å². The molecule has 2 amide bonds. The number of para-hydroxylation sites is 4. The van der Waals surface area contributed by atoms with Crippen molar-refractivity contribution in [3.63, 3.8) is 0 Å². The van der Waals surface area contributed by atoms with Crippen molar-refractivity contribution in [2.45, 2.75) is 4.90 Å². The Morgan fingerprint density at radius 3 is 1.59 bits per heavy atom. The molecule has 21 nitrogen and oxygen atoms in total. The molecule has 5 heterocycles. The molecule has 2 fully saturated rings. The lowest BCUT2D eigenvalue weighted by molar-refractivity contribution is 0.0301. The molecule has 2 saturated heterocycles. The Morgan fingerprint density at radius 2 is 1.10 bits per heavy atom. The van der Waals surface area contributed by atoms with E-state index in [1.54, 1.807) is 94.7 Å². The number of ether oxygens (including phenoxy) is 4. The average molecular weight is 976 g/mol. The first kappa shape index (κ1) is 46.4. The van der Waals surface area contributed by atoms with E-state index in [1.165, 1.54) is 32.5 Å². The summed E-state index contributed by atoms with van der Waals surface area (Å²) in [5.74, 6) is -2.16. The summed E-state index contributed by atoms with van der Waals surface area (Å²) in [6.45, 7) is 3.09. The zero-order valence-corrected chi connectivity index (χ0v) is 38.9. The molecule has 0 bridgehead atoms. The quantitative estimate of drug-likeness (QED) is 0.122. The van der Waals surface area contributed by atoms with Crippen LogP contribution in [0, 0.1) is 0 Å². The number of hydrogen-bond acceptors (Lipinski definition) is 17. The van der Waals surface area contributed by atoms with Crippen molar-refractivity contribution in [1.29, 1.82) is 0 Å². The predicted molar refractivity (Wildman–Crippen MR) is 256 cm³/mol. The molecule has 3 aromatic heterocycles. The van der Waals surface area contributed by atoms with Crippen LogP contribution in [0.2, 0.25) is 0 Å². The van der Waals surface area contributed by atoms with Gasteiger partial charge in [-0.2, -0.15) is 0 Å². The van der Waals surface area contributed by atoms with E-state index in [9.17, 15) is 26.4 Å². The van der Waals surface area contributed by atoms with E-state index >= 15 is 0 Å². The summed E-state index contributed by atoms with van der Waals surface area (Å²) in [6.07, 6.45) is 2.46. The molecule has 3 N–H and O–H groups in total. The van der Waals surface area contributed by atoms with E-state index in [1.807, 2.05) is 0 Å². The molecule has 7 aromatic rings. The number of morpholine rings is 2. The van der Waals surface area contributed by atoms with Gasteiger partial charge in [0, 0.05) is 73.2 Å². The summed E-state index contributed by atoms with van der Waals surface area (Å²) < 4.78 is 84.3. The number of sulfonamides is 2. The first-order valence-corrected chi connectivity index (χ1v) is 24.6. The van der Waals surface area contributed by atoms with Gasteiger partial charge in [-0.1, -0.05) is 24.3 Å². The van der Waals surface area contributed by atoms with Crippen molar-refractivity contribution in [3.8, 4) is 11.5 Å². The Hall–Kier alpha value is -7.73. The largest absolute Gasteiger partial charge is 0.497 e. The molecule has 4 aromatic carbocycles. The second-order valence-corrected chi connectivity index (χ2v) is 19.2. The van der Waals surface area contributed by atoms with Crippen LogP contribution in [0.15, 0.2) is 114 Å². The fraction of sp³-hybridized carbons (Fsp3) is 0.239. The smallest absolute Gasteiger partial charge is 0.268 e. The molecule has 69 heavy (non-hydrogen) atoms. The maximum atomic E-state index is 14.9. The zero-order chi connectivity index (χ0) is 48.1. The molecular formula is C46H45N11O10S2. The predicted octanol–water partition coefficient (Wildman–Crippen LogP) is 5.01. The number of rotatable bonds is 15. The number of fused-ring (bicyclic) bond motifs is 2. The van der Waals surface area contributed by atoms with Gasteiger partial charge in [0.25, 0.3) is 31.9 Å². The highest BCUT2D eigenvalue weighted by molar-refractivity contribution is 7.96. The van der Waals surface area contributed by atoms with E-state index in [4.69, 9.17) is 33.9 Å². The number of benzene rings is 4. The van der Waals surface area contributed by atoms with E-state index in [0.29, 0.717) is 96.2 Å². The van der Waals surface area contributed by atoms with Crippen LogP contribution in [0.5, 0.6) is 11.5 Å². The van der Waals surface area contributed by atoms with Crippen molar-refractivity contribution in [2.75, 3.05) is 92.4 Å². The molecule has 0 aliphatic carbocycles. The molecule has 2 aliphatic heterocycles. The van der Waals surface area contributed by atoms with Crippen molar-refractivity contribution >= 4 is 88.6 Å². The summed E-state index contributed by atoms with van der Waals surface area (Å²) in [5.41, 5.74) is 2.40. The van der Waals surface area contributed by atoms with E-state index in [0.717, 1.165) is 6.20 Å². The number of hydrogen-bond donors (Lipinski definition) is 3. The first-order valence-electron chi connectivity index (χ1n) is 21.5. The van der Waals surface area contributed by atoms with E-state index < -0.39 is 31.7 Å². The minimum absolute atomic E-state index is 0.0784. The average Bonchev–Trinajstić information content (AvgIpc) is 3.38. The molecular weight excluding hydrogens is 931 g/mol. The Balaban J connectivity index is 1.12. The van der Waals surface area contributed by atoms with Crippen molar-refractivity contribution in [1.82, 2.24) is 34.7 Å². The molecule has 0 unspecified atom stereocenters. The van der Waals surface area contributed by atoms with Crippen LogP contribution in [0.1, 0.15) is 20.7 Å². The third-order valence-electron chi connectivity index (χ3n) is 11.0. The number of carbonyl (C=O) groups is 2. The standard InChI is InChI=1S/C46H45N11O10S2/c1-64-34-24-30(45(58)55-14-18-66-19-15-55)22-32(26-34)48-41-42(51-38-10-4-3-9-37(38)50-41)54-68(60,61)29-57(69(62,63)36-8-7-13-47-28-36)44-43(52-39-11-5-6-12-40(39)53-44)49-33-23-31(25-35(27-33)65-2)46(59)56-16-20-67-21-17-56/h3-13,22-28H,14-21,29H2,1-2H3,(H,48,50)(H,49,52)(H,51,54). The number of aromatic nitrogens is 5. The topological polar surface area (TPSA) is 250 Å². The highest BCUT2D eigenvalue weighted by Crippen LogP contribution is 2.35. The lowest BCUT2D eigenvalue weighted by Crippen LogP contribution is -2.40. The van der Waals surface area contributed by atoms with Gasteiger partial charge in [0.15, 0.2) is 29.1 Å². The van der Waals surface area contributed by atoms with Crippen LogP contribution in [0.25, 0.3) is 22.1 Å². The summed E-state index contributed by atoms with van der Waals surface area (Å²) in [7, 11) is -6.78. The molecule has 0 spiro atoms. The van der Waals surface area contributed by atoms with Crippen molar-refractivity contribution in [2.24, 2.45) is 0 Å². The van der Waals surface area contributed by atoms with Gasteiger partial charge in [-0.15, -0.1) is 0 Å². The molecule has 9 rings (SSSR count). The molecule has 356 valence electrons. The van der Waals surface area contributed by atoms with Crippen LogP contribution in [-0.4, -0.2) is 136 Å². The normalized spacial score (nSPS) is 14.3. The summed E-state index contributed by atoms with van der Waals surface area (Å²) in [6, 6.07) is 25.5. The SMILES string of the molecule is COc1cc(Nc2nc3ccccc3nc2NS(=O)(=O)CN(c2nc3ccccc3nc2Nc2cc(OC)cc(C(=O)N3CCOCC3)c2)S(=O)(=O)c2cccnc2)cc(C(=O)N2CCOCC2)c1. The van der Waals surface area contributed by atoms with Gasteiger partial charge < -0.3 is 39.4 Å². The minimum atomic E-state index is -4.83. The monoisotopic (exact) mass is 975 g/mol. The highest BCUT2D eigenvalue weighted by Gasteiger charge is 2.35. The van der Waals surface area contributed by atoms with Crippen LogP contribution >= 0.6 is 0 Å². The lowest BCUT2D eigenvalue weighted by atomic mass is 10.1. The fourth-order valence-corrected chi connectivity index (χ4v) is 10.6. The first-order chi connectivity index (χ1) is 33.4. The molecule has 23 heteroatoms. The van der Waals surface area contributed by atoms with Gasteiger partial charge in [0.05, 0.1) is 62.7 Å². The van der Waals surface area contributed by atoms with Crippen molar-refractivity contribution < 1.29 is 45.4 Å². The minimum Gasteiger partial charge on any atom is -0.497 e. The Bertz CT molecular complexity index is 3280. The molecule has 0 atom stereocenters. The van der Waals surface area contributed by atoms with Gasteiger partial charge in [-0.3, -0.25) is 19.3 Å². The van der Waals surface area contributed by atoms with Gasteiger partial charge >= 0.3 is 0 Å². The Labute approximate surface area is 396 Å². The number of amides is 2. The number of anilines is 6. The number of pyridine rings is 1. The van der Waals surface area contributed by atoms with Gasteiger partial charge in [0.1, 0.15) is 16.4 Å². The fourth-order valence-electron chi connectivity index (χ4n) is 7.61. The van der Waals surface area contributed by atoms with Gasteiger partial charge in [0.2, 0.25) is 0 Å². The van der Waals surface area contributed by atoms with E-state index in [-0.39, 0.29) is 50.9 Å². The molecule has 2 aliphatic rings. The zero-order valence-electron chi connectivity index (χ0n) is 37.2. The third kappa shape index (κ3) is 10.4.